The number of hydrogen-bond donors (Lipinski definition) is 2. The normalized spacial score (nSPS) is 20.1. The Hall–Kier alpha value is -3.41. The van der Waals surface area contributed by atoms with Crippen molar-refractivity contribution in [3.8, 4) is 11.5 Å². The van der Waals surface area contributed by atoms with Gasteiger partial charge in [-0.05, 0) is 25.2 Å². The Labute approximate surface area is 208 Å². The van der Waals surface area contributed by atoms with Crippen molar-refractivity contribution in [3.05, 3.63) is 18.0 Å². The second-order valence-electron chi connectivity index (χ2n) is 9.53. The van der Waals surface area contributed by atoms with Crippen LogP contribution in [0.2, 0.25) is 0 Å². The van der Waals surface area contributed by atoms with Gasteiger partial charge in [-0.25, -0.2) is 14.8 Å². The van der Waals surface area contributed by atoms with E-state index >= 15 is 0 Å². The Balaban J connectivity index is 1.49. The highest BCUT2D eigenvalue weighted by molar-refractivity contribution is 5.97. The molecule has 2 aliphatic heterocycles. The molecule has 2 N–H and O–H groups in total. The van der Waals surface area contributed by atoms with Gasteiger partial charge in [-0.15, -0.1) is 0 Å². The fourth-order valence-corrected chi connectivity index (χ4v) is 5.35. The molecule has 2 fully saturated rings. The number of pyridine rings is 1. The van der Waals surface area contributed by atoms with Gasteiger partial charge in [0.25, 0.3) is 5.91 Å². The second-order valence-corrected chi connectivity index (χ2v) is 9.53. The summed E-state index contributed by atoms with van der Waals surface area (Å²) < 4.78 is 11.0. The van der Waals surface area contributed by atoms with E-state index in [-0.39, 0.29) is 25.4 Å². The number of ether oxygens (including phenoxy) is 2. The molecular formula is C24H32N4O8. The fraction of sp³-hybridized carbons (Fsp3) is 0.625. The molecule has 1 aliphatic carbocycles. The summed E-state index contributed by atoms with van der Waals surface area (Å²) in [5, 5.41) is 20.1. The standard InChI is InChI=1S/C24H32N4O8/c29-15-26(34)13-17(10-16-4-1-2-5-16)22(30)27-7-3-6-19(27)23(31)28(24(32)33)14-18-11-20-21(12-25-18)36-9-8-35-20/h11-12,15-17,19,34H,1-10,13-14H2,(H,32,33)/t17-,19-/m1/s1. The van der Waals surface area contributed by atoms with Gasteiger partial charge in [-0.3, -0.25) is 24.6 Å². The molecule has 196 valence electrons. The smallest absolute Gasteiger partial charge is 0.414 e. The molecule has 4 amide bonds. The molecule has 4 rings (SSSR count). The van der Waals surface area contributed by atoms with E-state index in [0.29, 0.717) is 72.1 Å². The van der Waals surface area contributed by atoms with E-state index in [9.17, 15) is 29.5 Å². The van der Waals surface area contributed by atoms with Crippen LogP contribution in [0.25, 0.3) is 0 Å². The number of hydroxylamine groups is 2. The first-order valence-electron chi connectivity index (χ1n) is 12.4. The number of aromatic nitrogens is 1. The van der Waals surface area contributed by atoms with Crippen LogP contribution in [0.5, 0.6) is 11.5 Å². The Kier molecular flexibility index (Phi) is 8.24. The van der Waals surface area contributed by atoms with Gasteiger partial charge in [0.2, 0.25) is 12.3 Å². The van der Waals surface area contributed by atoms with Crippen molar-refractivity contribution in [3.63, 3.8) is 0 Å². The molecule has 12 heteroatoms. The maximum absolute atomic E-state index is 13.5. The van der Waals surface area contributed by atoms with E-state index in [4.69, 9.17) is 9.47 Å². The molecule has 0 radical (unpaired) electrons. The van der Waals surface area contributed by atoms with Gasteiger partial charge in [-0.1, -0.05) is 25.7 Å². The first-order chi connectivity index (χ1) is 17.4. The summed E-state index contributed by atoms with van der Waals surface area (Å²) in [7, 11) is 0. The lowest BCUT2D eigenvalue weighted by Crippen LogP contribution is -2.51. The molecule has 1 aromatic rings. The van der Waals surface area contributed by atoms with Crippen LogP contribution in [-0.2, 0) is 20.9 Å². The minimum Gasteiger partial charge on any atom is -0.486 e. The first-order valence-corrected chi connectivity index (χ1v) is 12.4. The summed E-state index contributed by atoms with van der Waals surface area (Å²) in [6.45, 7) is 0.583. The van der Waals surface area contributed by atoms with Crippen molar-refractivity contribution in [2.45, 2.75) is 57.5 Å². The number of nitrogens with zero attached hydrogens (tertiary/aromatic N) is 4. The highest BCUT2D eigenvalue weighted by atomic mass is 16.6. The summed E-state index contributed by atoms with van der Waals surface area (Å²) in [6.07, 6.45) is 5.74. The molecule has 0 spiro atoms. The van der Waals surface area contributed by atoms with Gasteiger partial charge in [0.1, 0.15) is 19.3 Å². The SMILES string of the molecule is O=CN(O)C[C@@H](CC1CCCC1)C(=O)N1CCC[C@@H]1C(=O)N(Cc1cc2c(cn1)OCCO2)C(=O)O. The molecule has 1 saturated heterocycles. The highest BCUT2D eigenvalue weighted by Gasteiger charge is 2.41. The van der Waals surface area contributed by atoms with Gasteiger partial charge in [0.05, 0.1) is 30.9 Å². The number of likely N-dealkylation sites (tertiary alicyclic amines) is 1. The maximum Gasteiger partial charge on any atom is 0.414 e. The van der Waals surface area contributed by atoms with Gasteiger partial charge in [0.15, 0.2) is 11.5 Å². The van der Waals surface area contributed by atoms with Crippen LogP contribution in [0.3, 0.4) is 0 Å². The predicted octanol–water partition coefficient (Wildman–Crippen LogP) is 1.89. The number of carboxylic acid groups (broad SMARTS) is 1. The molecule has 0 aromatic carbocycles. The predicted molar refractivity (Wildman–Crippen MR) is 123 cm³/mol. The molecule has 36 heavy (non-hydrogen) atoms. The van der Waals surface area contributed by atoms with Crippen LogP contribution in [0.1, 0.15) is 50.6 Å². The Morgan fingerprint density at radius 2 is 1.86 bits per heavy atom. The third-order valence-electron chi connectivity index (χ3n) is 7.10. The zero-order chi connectivity index (χ0) is 25.7. The average molecular weight is 505 g/mol. The van der Waals surface area contributed by atoms with E-state index in [1.165, 1.54) is 11.1 Å². The van der Waals surface area contributed by atoms with Crippen LogP contribution in [-0.4, -0.2) is 86.8 Å². The van der Waals surface area contributed by atoms with Crippen molar-refractivity contribution in [1.29, 1.82) is 0 Å². The monoisotopic (exact) mass is 504 g/mol. The summed E-state index contributed by atoms with van der Waals surface area (Å²) in [5.41, 5.74) is 0.312. The lowest BCUT2D eigenvalue weighted by molar-refractivity contribution is -0.159. The highest BCUT2D eigenvalue weighted by Crippen LogP contribution is 2.33. The zero-order valence-corrected chi connectivity index (χ0v) is 20.1. The third kappa shape index (κ3) is 5.86. The third-order valence-corrected chi connectivity index (χ3v) is 7.10. The van der Waals surface area contributed by atoms with Crippen LogP contribution >= 0.6 is 0 Å². The van der Waals surface area contributed by atoms with Crippen LogP contribution in [0, 0.1) is 11.8 Å². The summed E-state index contributed by atoms with van der Waals surface area (Å²) >= 11 is 0. The minimum atomic E-state index is -1.44. The Bertz CT molecular complexity index is 983. The van der Waals surface area contributed by atoms with Gasteiger partial charge >= 0.3 is 6.09 Å². The summed E-state index contributed by atoms with van der Waals surface area (Å²) in [5.74, 6) is -0.531. The second kappa shape index (κ2) is 11.5. The number of hydrogen-bond acceptors (Lipinski definition) is 8. The minimum absolute atomic E-state index is 0.167. The Morgan fingerprint density at radius 1 is 1.14 bits per heavy atom. The lowest BCUT2D eigenvalue weighted by Gasteiger charge is -2.32. The van der Waals surface area contributed by atoms with Crippen molar-refractivity contribution in [2.75, 3.05) is 26.3 Å². The number of amides is 4. The van der Waals surface area contributed by atoms with Crippen LogP contribution < -0.4 is 9.47 Å². The van der Waals surface area contributed by atoms with Gasteiger partial charge < -0.3 is 19.5 Å². The molecule has 1 saturated carbocycles. The molecule has 3 aliphatic rings. The van der Waals surface area contributed by atoms with Crippen LogP contribution in [0.15, 0.2) is 12.3 Å². The first kappa shape index (κ1) is 25.7. The number of carbonyl (C=O) groups excluding carboxylic acids is 3. The van der Waals surface area contributed by atoms with Gasteiger partial charge in [0, 0.05) is 12.6 Å². The number of carbonyl (C=O) groups is 4. The van der Waals surface area contributed by atoms with E-state index in [2.05, 4.69) is 4.98 Å². The molecule has 1 aromatic heterocycles. The van der Waals surface area contributed by atoms with E-state index < -0.39 is 24.0 Å². The van der Waals surface area contributed by atoms with Crippen molar-refractivity contribution < 1.29 is 39.0 Å². The number of rotatable bonds is 9. The zero-order valence-electron chi connectivity index (χ0n) is 20.1. The van der Waals surface area contributed by atoms with Crippen molar-refractivity contribution >= 4 is 24.3 Å². The van der Waals surface area contributed by atoms with Crippen LogP contribution in [0.4, 0.5) is 4.79 Å². The fourth-order valence-electron chi connectivity index (χ4n) is 5.35. The topological polar surface area (TPSA) is 150 Å². The largest absolute Gasteiger partial charge is 0.486 e. The average Bonchev–Trinajstić information content (AvgIpc) is 3.58. The molecular weight excluding hydrogens is 472 g/mol. The van der Waals surface area contributed by atoms with Gasteiger partial charge in [-0.2, -0.15) is 0 Å². The molecule has 12 nitrogen and oxygen atoms in total. The molecule has 0 unspecified atom stereocenters. The summed E-state index contributed by atoms with van der Waals surface area (Å²) in [4.78, 5) is 56.3. The summed E-state index contributed by atoms with van der Waals surface area (Å²) in [6, 6.07) is 0.600. The van der Waals surface area contributed by atoms with E-state index in [1.807, 2.05) is 0 Å². The van der Waals surface area contributed by atoms with Crippen molar-refractivity contribution in [1.82, 2.24) is 19.8 Å². The quantitative estimate of drug-likeness (QED) is 0.292. The molecule has 3 heterocycles. The number of imide groups is 1. The van der Waals surface area contributed by atoms with E-state index in [0.717, 1.165) is 25.7 Å². The molecule has 2 atom stereocenters. The van der Waals surface area contributed by atoms with E-state index in [1.54, 1.807) is 6.07 Å². The Morgan fingerprint density at radius 3 is 2.56 bits per heavy atom. The number of fused-ring (bicyclic) bond motifs is 1. The van der Waals surface area contributed by atoms with Crippen molar-refractivity contribution in [2.24, 2.45) is 11.8 Å². The lowest BCUT2D eigenvalue weighted by atomic mass is 9.91. The maximum atomic E-state index is 13.5. The molecule has 0 bridgehead atoms.